The second kappa shape index (κ2) is 13.2. The number of amidine groups is 2. The lowest BCUT2D eigenvalue weighted by atomic mass is 10.00. The van der Waals surface area contributed by atoms with Crippen molar-refractivity contribution in [3.8, 4) is 0 Å². The Morgan fingerprint density at radius 1 is 1.15 bits per heavy atom. The first-order valence-electron chi connectivity index (χ1n) is 10.9. The zero-order valence-electron chi connectivity index (χ0n) is 19.1. The minimum atomic E-state index is 0.201. The van der Waals surface area contributed by atoms with E-state index < -0.39 is 0 Å². The first-order valence-corrected chi connectivity index (χ1v) is 12.9. The molecule has 0 atom stereocenters. The van der Waals surface area contributed by atoms with Crippen LogP contribution >= 0.6 is 23.5 Å². The van der Waals surface area contributed by atoms with E-state index in [2.05, 4.69) is 49.7 Å². The SMILES string of the molecule is CCN=C(N)SCSC(=NCC)N/N=C/C(=N)c1ccc(CN2CCc3ccccc3C2)o1. The number of furan rings is 1. The van der Waals surface area contributed by atoms with Crippen LogP contribution in [-0.4, -0.2) is 51.9 Å². The van der Waals surface area contributed by atoms with Gasteiger partial charge in [0.1, 0.15) is 11.5 Å². The van der Waals surface area contributed by atoms with Crippen molar-refractivity contribution in [2.75, 3.05) is 24.7 Å². The minimum Gasteiger partial charge on any atom is -0.458 e. The first kappa shape index (κ1) is 25.1. The van der Waals surface area contributed by atoms with Crippen molar-refractivity contribution in [1.82, 2.24) is 10.3 Å². The van der Waals surface area contributed by atoms with E-state index in [0.29, 0.717) is 34.3 Å². The summed E-state index contributed by atoms with van der Waals surface area (Å²) in [5.74, 6) is 1.34. The third kappa shape index (κ3) is 8.06. The Labute approximate surface area is 203 Å². The smallest absolute Gasteiger partial charge is 0.177 e. The molecule has 0 radical (unpaired) electrons. The number of fused-ring (bicyclic) bond motifs is 1. The lowest BCUT2D eigenvalue weighted by Crippen LogP contribution is -2.29. The molecule has 2 aromatic rings. The van der Waals surface area contributed by atoms with Crippen molar-refractivity contribution in [2.45, 2.75) is 33.4 Å². The summed E-state index contributed by atoms with van der Waals surface area (Å²) in [6, 6.07) is 12.3. The fourth-order valence-electron chi connectivity index (χ4n) is 3.34. The van der Waals surface area contributed by atoms with E-state index in [1.165, 1.54) is 40.9 Å². The Kier molecular flexibility index (Phi) is 10.0. The Bertz CT molecular complexity index is 1020. The van der Waals surface area contributed by atoms with Crippen LogP contribution in [0.5, 0.6) is 0 Å². The topological polar surface area (TPSA) is 115 Å². The van der Waals surface area contributed by atoms with E-state index in [1.807, 2.05) is 26.0 Å². The van der Waals surface area contributed by atoms with E-state index in [4.69, 9.17) is 15.6 Å². The molecule has 1 aliphatic rings. The van der Waals surface area contributed by atoms with Gasteiger partial charge in [-0.25, -0.2) is 0 Å². The molecule has 10 heteroatoms. The van der Waals surface area contributed by atoms with Gasteiger partial charge < -0.3 is 10.2 Å². The maximum atomic E-state index is 8.27. The molecule has 1 aliphatic heterocycles. The summed E-state index contributed by atoms with van der Waals surface area (Å²) in [5.41, 5.74) is 11.7. The number of benzene rings is 1. The summed E-state index contributed by atoms with van der Waals surface area (Å²) in [6.45, 7) is 7.85. The average molecular weight is 486 g/mol. The molecule has 0 bridgehead atoms. The van der Waals surface area contributed by atoms with Gasteiger partial charge in [-0.3, -0.25) is 25.7 Å². The third-order valence-corrected chi connectivity index (χ3v) is 6.75. The Morgan fingerprint density at radius 3 is 2.73 bits per heavy atom. The van der Waals surface area contributed by atoms with Crippen LogP contribution in [0.3, 0.4) is 0 Å². The van der Waals surface area contributed by atoms with Crippen molar-refractivity contribution in [1.29, 1.82) is 5.41 Å². The van der Waals surface area contributed by atoms with Gasteiger partial charge in [0.05, 0.1) is 17.8 Å². The molecule has 0 fully saturated rings. The summed E-state index contributed by atoms with van der Waals surface area (Å²) < 4.78 is 5.90. The van der Waals surface area contributed by atoms with Gasteiger partial charge in [-0.05, 0) is 43.5 Å². The highest BCUT2D eigenvalue weighted by molar-refractivity contribution is 8.29. The number of hydrazone groups is 1. The van der Waals surface area contributed by atoms with Gasteiger partial charge in [-0.1, -0.05) is 47.8 Å². The molecular weight excluding hydrogens is 454 g/mol. The van der Waals surface area contributed by atoms with E-state index in [0.717, 1.165) is 31.8 Å². The highest BCUT2D eigenvalue weighted by Crippen LogP contribution is 2.21. The molecule has 0 aliphatic carbocycles. The van der Waals surface area contributed by atoms with Gasteiger partial charge in [-0.15, -0.1) is 0 Å². The molecule has 1 aromatic heterocycles. The van der Waals surface area contributed by atoms with Gasteiger partial charge in [0.15, 0.2) is 16.1 Å². The molecule has 2 heterocycles. The molecule has 8 nitrogen and oxygen atoms in total. The highest BCUT2D eigenvalue weighted by atomic mass is 32.2. The van der Waals surface area contributed by atoms with Gasteiger partial charge in [0, 0.05) is 26.2 Å². The van der Waals surface area contributed by atoms with E-state index >= 15 is 0 Å². The second-order valence-electron chi connectivity index (χ2n) is 7.28. The Balaban J connectivity index is 1.48. The number of nitrogens with two attached hydrogens (primary N) is 1. The number of rotatable bonds is 9. The van der Waals surface area contributed by atoms with E-state index in [1.54, 1.807) is 0 Å². The number of nitrogens with one attached hydrogen (secondary N) is 2. The quantitative estimate of drug-likeness (QED) is 0.215. The summed E-state index contributed by atoms with van der Waals surface area (Å²) in [4.78, 5) is 10.9. The van der Waals surface area contributed by atoms with Crippen molar-refractivity contribution < 1.29 is 4.42 Å². The number of hydrogen-bond acceptors (Lipinski definition) is 8. The van der Waals surface area contributed by atoms with E-state index in [9.17, 15) is 0 Å². The first-order chi connectivity index (χ1) is 16.1. The Morgan fingerprint density at radius 2 is 1.94 bits per heavy atom. The molecule has 1 aromatic carbocycles. The van der Waals surface area contributed by atoms with Crippen LogP contribution in [0.1, 0.15) is 36.5 Å². The van der Waals surface area contributed by atoms with Crippen LogP contribution < -0.4 is 11.2 Å². The van der Waals surface area contributed by atoms with Gasteiger partial charge in [-0.2, -0.15) is 5.10 Å². The maximum absolute atomic E-state index is 8.27. The highest BCUT2D eigenvalue weighted by Gasteiger charge is 2.17. The maximum Gasteiger partial charge on any atom is 0.177 e. The predicted molar refractivity (Wildman–Crippen MR) is 142 cm³/mol. The van der Waals surface area contributed by atoms with Crippen molar-refractivity contribution in [3.63, 3.8) is 0 Å². The molecule has 0 unspecified atom stereocenters. The molecule has 0 saturated carbocycles. The lowest BCUT2D eigenvalue weighted by Gasteiger charge is -2.27. The number of nitrogens with zero attached hydrogens (tertiary/aromatic N) is 4. The summed E-state index contributed by atoms with van der Waals surface area (Å²) in [5, 5.41) is 14.3. The zero-order valence-corrected chi connectivity index (χ0v) is 20.7. The standard InChI is InChI=1S/C23H31N7OS2/c1-3-26-22(25)32-16-33-23(27-4-2)29-28-13-20(24)21-10-9-19(31-21)15-30-12-11-17-7-5-6-8-18(17)14-30/h5-10,13,24H,3-4,11-12,14-16H2,1-2H3,(H2,25,26)(H,27,29)/b24-20?,28-13+. The van der Waals surface area contributed by atoms with Gasteiger partial charge >= 0.3 is 0 Å². The van der Waals surface area contributed by atoms with Crippen LogP contribution in [-0.2, 0) is 19.5 Å². The van der Waals surface area contributed by atoms with Crippen molar-refractivity contribution >= 4 is 45.8 Å². The Hall–Kier alpha value is -2.56. The molecule has 0 spiro atoms. The average Bonchev–Trinajstić information content (AvgIpc) is 3.28. The lowest BCUT2D eigenvalue weighted by molar-refractivity contribution is 0.225. The molecule has 176 valence electrons. The normalized spacial score (nSPS) is 15.1. The van der Waals surface area contributed by atoms with Gasteiger partial charge in [0.25, 0.3) is 0 Å². The van der Waals surface area contributed by atoms with Crippen molar-refractivity contribution in [2.24, 2.45) is 20.8 Å². The zero-order chi connectivity index (χ0) is 23.5. The number of hydrogen-bond donors (Lipinski definition) is 3. The largest absolute Gasteiger partial charge is 0.458 e. The summed E-state index contributed by atoms with van der Waals surface area (Å²) >= 11 is 2.96. The molecular formula is C23H31N7OS2. The minimum absolute atomic E-state index is 0.201. The molecule has 33 heavy (non-hydrogen) atoms. The van der Waals surface area contributed by atoms with Crippen LogP contribution in [0.4, 0.5) is 0 Å². The van der Waals surface area contributed by atoms with Crippen LogP contribution in [0, 0.1) is 5.41 Å². The number of aliphatic imine (C=N–C) groups is 2. The molecule has 0 amide bonds. The summed E-state index contributed by atoms with van der Waals surface area (Å²) in [6.07, 6.45) is 2.49. The third-order valence-electron chi connectivity index (χ3n) is 4.89. The van der Waals surface area contributed by atoms with Crippen LogP contribution in [0.25, 0.3) is 0 Å². The van der Waals surface area contributed by atoms with Gasteiger partial charge in [0.2, 0.25) is 0 Å². The molecule has 0 saturated heterocycles. The fourth-order valence-corrected chi connectivity index (χ4v) is 5.06. The monoisotopic (exact) mass is 485 g/mol. The van der Waals surface area contributed by atoms with Crippen molar-refractivity contribution in [3.05, 3.63) is 59.0 Å². The predicted octanol–water partition coefficient (Wildman–Crippen LogP) is 3.92. The molecule has 3 rings (SSSR count). The van der Waals surface area contributed by atoms with E-state index in [-0.39, 0.29) is 5.71 Å². The summed E-state index contributed by atoms with van der Waals surface area (Å²) in [7, 11) is 0. The second-order valence-corrected chi connectivity index (χ2v) is 9.60. The van der Waals surface area contributed by atoms with Crippen LogP contribution in [0.2, 0.25) is 0 Å². The number of thioether (sulfide) groups is 2. The fraction of sp³-hybridized carbons (Fsp3) is 0.391. The van der Waals surface area contributed by atoms with Crippen LogP contribution in [0.15, 0.2) is 55.9 Å². The molecule has 4 N–H and O–H groups in total.